The summed E-state index contributed by atoms with van der Waals surface area (Å²) >= 11 is 0. The Morgan fingerprint density at radius 1 is 1.50 bits per heavy atom. The van der Waals surface area contributed by atoms with Crippen LogP contribution in [0.25, 0.3) is 0 Å². The normalized spacial score (nSPS) is 23.8. The monoisotopic (exact) mass is 251 g/mol. The Morgan fingerprint density at radius 2 is 2.33 bits per heavy atom. The minimum absolute atomic E-state index is 0.0104. The maximum Gasteiger partial charge on any atom is 0.371 e. The molecule has 1 heterocycles. The van der Waals surface area contributed by atoms with Crippen LogP contribution < -0.4 is 5.32 Å². The van der Waals surface area contributed by atoms with Gasteiger partial charge in [-0.05, 0) is 30.7 Å². The average Bonchev–Trinajstić information content (AvgIpc) is 2.78. The summed E-state index contributed by atoms with van der Waals surface area (Å²) in [6.45, 7) is 3.18. The van der Waals surface area contributed by atoms with Gasteiger partial charge < -0.3 is 14.8 Å². The molecule has 2 rings (SSSR count). The molecule has 18 heavy (non-hydrogen) atoms. The molecular weight excluding hydrogens is 230 g/mol. The van der Waals surface area contributed by atoms with Crippen molar-refractivity contribution in [3.05, 3.63) is 17.9 Å². The first-order valence-corrected chi connectivity index (χ1v) is 6.72. The quantitative estimate of drug-likeness (QED) is 0.839. The van der Waals surface area contributed by atoms with E-state index in [0.717, 1.165) is 24.8 Å². The first kappa shape index (κ1) is 13.0. The molecule has 0 spiro atoms. The van der Waals surface area contributed by atoms with Crippen LogP contribution in [0.3, 0.4) is 0 Å². The molecule has 2 N–H and O–H groups in total. The van der Waals surface area contributed by atoms with Crippen LogP contribution in [0.15, 0.2) is 16.5 Å². The SMILES string of the molecule is CC1CCCC(CCNc2ccc(C(=O)O)o2)C1. The molecule has 0 saturated heterocycles. The number of carbonyl (C=O) groups is 1. The molecule has 1 saturated carbocycles. The highest BCUT2D eigenvalue weighted by atomic mass is 16.4. The smallest absolute Gasteiger partial charge is 0.371 e. The molecule has 4 heteroatoms. The van der Waals surface area contributed by atoms with E-state index in [1.165, 1.54) is 31.7 Å². The second-order valence-corrected chi connectivity index (χ2v) is 5.32. The molecule has 1 aromatic heterocycles. The largest absolute Gasteiger partial charge is 0.475 e. The third kappa shape index (κ3) is 3.52. The lowest BCUT2D eigenvalue weighted by Gasteiger charge is -2.26. The van der Waals surface area contributed by atoms with E-state index >= 15 is 0 Å². The number of anilines is 1. The second-order valence-electron chi connectivity index (χ2n) is 5.32. The fraction of sp³-hybridized carbons (Fsp3) is 0.643. The van der Waals surface area contributed by atoms with Crippen molar-refractivity contribution in [3.8, 4) is 0 Å². The van der Waals surface area contributed by atoms with Gasteiger partial charge in [-0.1, -0.05) is 26.2 Å². The Kier molecular flexibility index (Phi) is 4.28. The molecule has 1 aromatic rings. The average molecular weight is 251 g/mol. The van der Waals surface area contributed by atoms with E-state index in [1.54, 1.807) is 6.07 Å². The van der Waals surface area contributed by atoms with Gasteiger partial charge in [0.15, 0.2) is 5.88 Å². The maximum absolute atomic E-state index is 10.6. The van der Waals surface area contributed by atoms with E-state index in [0.29, 0.717) is 5.88 Å². The van der Waals surface area contributed by atoms with Crippen molar-refractivity contribution in [2.45, 2.75) is 39.0 Å². The Hall–Kier alpha value is -1.45. The van der Waals surface area contributed by atoms with Crippen LogP contribution in [-0.4, -0.2) is 17.6 Å². The number of aromatic carboxylic acids is 1. The zero-order valence-corrected chi connectivity index (χ0v) is 10.8. The number of hydrogen-bond donors (Lipinski definition) is 2. The number of furan rings is 1. The van der Waals surface area contributed by atoms with E-state index in [2.05, 4.69) is 12.2 Å². The Balaban J connectivity index is 1.72. The molecule has 0 aliphatic heterocycles. The van der Waals surface area contributed by atoms with Gasteiger partial charge in [0.2, 0.25) is 5.76 Å². The van der Waals surface area contributed by atoms with Crippen molar-refractivity contribution in [1.29, 1.82) is 0 Å². The van der Waals surface area contributed by atoms with Crippen LogP contribution in [0.1, 0.15) is 49.6 Å². The number of rotatable bonds is 5. The predicted octanol–water partition coefficient (Wildman–Crippen LogP) is 3.61. The van der Waals surface area contributed by atoms with Crippen LogP contribution in [0.4, 0.5) is 5.88 Å². The van der Waals surface area contributed by atoms with Crippen molar-refractivity contribution < 1.29 is 14.3 Å². The van der Waals surface area contributed by atoms with Crippen molar-refractivity contribution in [2.75, 3.05) is 11.9 Å². The van der Waals surface area contributed by atoms with Crippen LogP contribution in [0.5, 0.6) is 0 Å². The van der Waals surface area contributed by atoms with E-state index in [4.69, 9.17) is 9.52 Å². The van der Waals surface area contributed by atoms with Gasteiger partial charge in [-0.25, -0.2) is 4.79 Å². The van der Waals surface area contributed by atoms with Gasteiger partial charge >= 0.3 is 5.97 Å². The highest BCUT2D eigenvalue weighted by Crippen LogP contribution is 2.30. The molecule has 2 unspecified atom stereocenters. The van der Waals surface area contributed by atoms with Gasteiger partial charge in [0.25, 0.3) is 0 Å². The highest BCUT2D eigenvalue weighted by Gasteiger charge is 2.18. The van der Waals surface area contributed by atoms with Crippen LogP contribution in [0, 0.1) is 11.8 Å². The molecule has 0 bridgehead atoms. The molecule has 1 aliphatic rings. The highest BCUT2D eigenvalue weighted by molar-refractivity contribution is 5.84. The zero-order chi connectivity index (χ0) is 13.0. The van der Waals surface area contributed by atoms with E-state index < -0.39 is 5.97 Å². The van der Waals surface area contributed by atoms with Crippen LogP contribution in [-0.2, 0) is 0 Å². The van der Waals surface area contributed by atoms with Gasteiger partial charge in [-0.15, -0.1) is 0 Å². The summed E-state index contributed by atoms with van der Waals surface area (Å²) in [7, 11) is 0. The Bertz CT molecular complexity index is 399. The summed E-state index contributed by atoms with van der Waals surface area (Å²) in [5, 5.41) is 11.9. The van der Waals surface area contributed by atoms with Crippen molar-refractivity contribution >= 4 is 11.9 Å². The van der Waals surface area contributed by atoms with E-state index in [9.17, 15) is 4.79 Å². The third-order valence-corrected chi connectivity index (χ3v) is 3.71. The number of hydrogen-bond acceptors (Lipinski definition) is 3. The van der Waals surface area contributed by atoms with E-state index in [-0.39, 0.29) is 5.76 Å². The minimum atomic E-state index is -1.02. The van der Waals surface area contributed by atoms with Crippen LogP contribution >= 0.6 is 0 Å². The van der Waals surface area contributed by atoms with Gasteiger partial charge in [0.05, 0.1) is 0 Å². The first-order valence-electron chi connectivity index (χ1n) is 6.72. The molecule has 0 amide bonds. The first-order chi connectivity index (χ1) is 8.65. The third-order valence-electron chi connectivity index (χ3n) is 3.71. The van der Waals surface area contributed by atoms with Gasteiger partial charge in [-0.2, -0.15) is 0 Å². The molecule has 0 aromatic carbocycles. The number of carboxylic acids is 1. The van der Waals surface area contributed by atoms with Crippen molar-refractivity contribution in [1.82, 2.24) is 0 Å². The Morgan fingerprint density at radius 3 is 3.00 bits per heavy atom. The predicted molar refractivity (Wildman–Crippen MR) is 69.9 cm³/mol. The van der Waals surface area contributed by atoms with E-state index in [1.807, 2.05) is 0 Å². The van der Waals surface area contributed by atoms with Crippen LogP contribution in [0.2, 0.25) is 0 Å². The fourth-order valence-corrected chi connectivity index (χ4v) is 2.77. The summed E-state index contributed by atoms with van der Waals surface area (Å²) in [6.07, 6.45) is 6.48. The van der Waals surface area contributed by atoms with Crippen molar-refractivity contribution in [2.24, 2.45) is 11.8 Å². The minimum Gasteiger partial charge on any atom is -0.475 e. The summed E-state index contributed by atoms with van der Waals surface area (Å²) in [5.74, 6) is 1.17. The lowest BCUT2D eigenvalue weighted by Crippen LogP contribution is -2.16. The number of nitrogens with one attached hydrogen (secondary N) is 1. The van der Waals surface area contributed by atoms with Gasteiger partial charge in [0.1, 0.15) is 0 Å². The summed E-state index contributed by atoms with van der Waals surface area (Å²) in [4.78, 5) is 10.6. The molecule has 100 valence electrons. The maximum atomic E-state index is 10.6. The molecule has 2 atom stereocenters. The standard InChI is InChI=1S/C14H21NO3/c1-10-3-2-4-11(9-10)7-8-15-13-6-5-12(18-13)14(16)17/h5-6,10-11,15H,2-4,7-9H2,1H3,(H,16,17). The lowest BCUT2D eigenvalue weighted by molar-refractivity contribution is 0.0663. The lowest BCUT2D eigenvalue weighted by atomic mass is 9.81. The molecule has 1 aliphatic carbocycles. The summed E-state index contributed by atoms with van der Waals surface area (Å²) in [6, 6.07) is 3.15. The van der Waals surface area contributed by atoms with Crippen molar-refractivity contribution in [3.63, 3.8) is 0 Å². The molecule has 4 nitrogen and oxygen atoms in total. The molecule has 0 radical (unpaired) electrons. The second kappa shape index (κ2) is 5.94. The zero-order valence-electron chi connectivity index (χ0n) is 10.8. The fourth-order valence-electron chi connectivity index (χ4n) is 2.77. The van der Waals surface area contributed by atoms with Gasteiger partial charge in [0, 0.05) is 12.6 Å². The summed E-state index contributed by atoms with van der Waals surface area (Å²) < 4.78 is 5.14. The van der Waals surface area contributed by atoms with Gasteiger partial charge in [-0.3, -0.25) is 0 Å². The molecule has 1 fully saturated rings. The molecular formula is C14H21NO3. The number of carboxylic acid groups (broad SMARTS) is 1. The summed E-state index contributed by atoms with van der Waals surface area (Å²) in [5.41, 5.74) is 0. The Labute approximate surface area is 107 Å². The topological polar surface area (TPSA) is 62.5 Å².